The van der Waals surface area contributed by atoms with Crippen molar-refractivity contribution < 1.29 is 28.6 Å². The van der Waals surface area contributed by atoms with Gasteiger partial charge in [-0.25, -0.2) is 0 Å². The van der Waals surface area contributed by atoms with E-state index in [4.69, 9.17) is 14.2 Å². The van der Waals surface area contributed by atoms with Gasteiger partial charge in [-0.1, -0.05) is 6.92 Å². The number of carbonyl (C=O) groups excluding carboxylic acids is 3. The van der Waals surface area contributed by atoms with E-state index in [-0.39, 0.29) is 17.3 Å². The van der Waals surface area contributed by atoms with Crippen LogP contribution in [0.5, 0.6) is 0 Å². The third-order valence-corrected chi connectivity index (χ3v) is 9.46. The first-order chi connectivity index (χ1) is 16.0. The normalized spacial score (nSPS) is 24.8. The zero-order chi connectivity index (χ0) is 23.5. The molecule has 0 spiro atoms. The maximum atomic E-state index is 12.8. The van der Waals surface area contributed by atoms with Crippen LogP contribution in [0, 0.1) is 5.41 Å². The van der Waals surface area contributed by atoms with Crippen molar-refractivity contribution >= 4 is 52.6 Å². The van der Waals surface area contributed by atoms with Crippen LogP contribution < -0.4 is 0 Å². The van der Waals surface area contributed by atoms with Crippen LogP contribution >= 0.6 is 35.3 Å². The third kappa shape index (κ3) is 12.5. The smallest absolute Gasteiger partial charge is 0.134 e. The second-order valence-electron chi connectivity index (χ2n) is 9.34. The Kier molecular flexibility index (Phi) is 12.1. The number of Topliss-reactive ketones (excluding diaryl/α,β-unsaturated/α-hetero) is 3. The van der Waals surface area contributed by atoms with Crippen molar-refractivity contribution in [2.45, 2.75) is 70.2 Å². The Balaban J connectivity index is 1.45. The summed E-state index contributed by atoms with van der Waals surface area (Å²) in [6, 6.07) is 0. The molecule has 3 aliphatic heterocycles. The predicted molar refractivity (Wildman–Crippen MR) is 137 cm³/mol. The number of hydrogen-bond donors (Lipinski definition) is 0. The molecule has 0 saturated carbocycles. The molecule has 188 valence electrons. The minimum absolute atomic E-state index is 0.169. The molecule has 0 N–H and O–H groups in total. The van der Waals surface area contributed by atoms with E-state index in [1.807, 2.05) is 6.92 Å². The molecule has 3 heterocycles. The molecule has 0 radical (unpaired) electrons. The zero-order valence-electron chi connectivity index (χ0n) is 19.7. The molecule has 0 aromatic heterocycles. The quantitative estimate of drug-likeness (QED) is 0.157. The van der Waals surface area contributed by atoms with Crippen molar-refractivity contribution in [1.82, 2.24) is 0 Å². The molecule has 0 aromatic carbocycles. The highest BCUT2D eigenvalue weighted by molar-refractivity contribution is 7.99. The van der Waals surface area contributed by atoms with E-state index in [0.717, 1.165) is 54.3 Å². The summed E-state index contributed by atoms with van der Waals surface area (Å²) in [6.45, 7) is 4.53. The molecule has 3 saturated heterocycles. The first-order valence-corrected chi connectivity index (χ1v) is 15.6. The molecule has 9 heteroatoms. The van der Waals surface area contributed by atoms with Crippen LogP contribution in [0.4, 0.5) is 0 Å². The number of epoxide rings is 3. The maximum absolute atomic E-state index is 12.8. The largest absolute Gasteiger partial charge is 0.372 e. The monoisotopic (exact) mass is 518 g/mol. The molecule has 0 amide bonds. The van der Waals surface area contributed by atoms with Gasteiger partial charge in [0.2, 0.25) is 0 Å². The Labute approximate surface area is 210 Å². The van der Waals surface area contributed by atoms with Crippen LogP contribution in [-0.4, -0.2) is 90.0 Å². The van der Waals surface area contributed by atoms with Gasteiger partial charge >= 0.3 is 0 Å². The van der Waals surface area contributed by atoms with Gasteiger partial charge in [-0.2, -0.15) is 35.3 Å². The van der Waals surface area contributed by atoms with Gasteiger partial charge in [-0.15, -0.1) is 0 Å². The van der Waals surface area contributed by atoms with E-state index in [2.05, 4.69) is 0 Å². The highest BCUT2D eigenvalue weighted by Gasteiger charge is 2.35. The average molecular weight is 519 g/mol. The summed E-state index contributed by atoms with van der Waals surface area (Å²) in [5.74, 6) is 5.66. The first kappa shape index (κ1) is 27.5. The van der Waals surface area contributed by atoms with Crippen LogP contribution in [0.15, 0.2) is 0 Å². The van der Waals surface area contributed by atoms with E-state index in [1.54, 1.807) is 35.3 Å². The lowest BCUT2D eigenvalue weighted by molar-refractivity contribution is -0.127. The Morgan fingerprint density at radius 2 is 0.970 bits per heavy atom. The van der Waals surface area contributed by atoms with E-state index < -0.39 is 5.41 Å². The highest BCUT2D eigenvalue weighted by atomic mass is 32.2. The highest BCUT2D eigenvalue weighted by Crippen LogP contribution is 2.37. The summed E-state index contributed by atoms with van der Waals surface area (Å²) in [7, 11) is 0. The molecule has 3 aliphatic rings. The van der Waals surface area contributed by atoms with Crippen LogP contribution in [0.25, 0.3) is 0 Å². The molecule has 0 bridgehead atoms. The molecule has 0 aromatic rings. The van der Waals surface area contributed by atoms with E-state index in [9.17, 15) is 14.4 Å². The lowest BCUT2D eigenvalue weighted by atomic mass is 9.71. The number of hydrogen-bond acceptors (Lipinski definition) is 9. The fourth-order valence-corrected chi connectivity index (χ4v) is 6.76. The van der Waals surface area contributed by atoms with Gasteiger partial charge in [0, 0.05) is 73.0 Å². The number of ketones is 3. The number of rotatable bonds is 22. The number of thioether (sulfide) groups is 3. The summed E-state index contributed by atoms with van der Waals surface area (Å²) in [5, 5.41) is 0. The van der Waals surface area contributed by atoms with E-state index in [0.29, 0.717) is 63.3 Å². The fourth-order valence-electron chi connectivity index (χ4n) is 3.78. The lowest BCUT2D eigenvalue weighted by Crippen LogP contribution is -2.30. The Morgan fingerprint density at radius 1 is 0.667 bits per heavy atom. The fraction of sp³-hybridized carbons (Fsp3) is 0.875. The van der Waals surface area contributed by atoms with Crippen molar-refractivity contribution in [3.63, 3.8) is 0 Å². The summed E-state index contributed by atoms with van der Waals surface area (Å²) in [6.07, 6.45) is 4.23. The van der Waals surface area contributed by atoms with E-state index in [1.165, 1.54) is 0 Å². The van der Waals surface area contributed by atoms with Crippen molar-refractivity contribution in [2.24, 2.45) is 5.41 Å². The summed E-state index contributed by atoms with van der Waals surface area (Å²) < 4.78 is 15.6. The molecule has 3 unspecified atom stereocenters. The Bertz CT molecular complexity index is 563. The number of ether oxygens (including phenoxy) is 3. The molecule has 3 atom stereocenters. The Hall–Kier alpha value is -0.0600. The van der Waals surface area contributed by atoms with Crippen molar-refractivity contribution in [2.75, 3.05) is 54.3 Å². The summed E-state index contributed by atoms with van der Waals surface area (Å²) in [5.41, 5.74) is -0.538. The van der Waals surface area contributed by atoms with Gasteiger partial charge in [0.15, 0.2) is 0 Å². The average Bonchev–Trinajstić information content (AvgIpc) is 3.62. The maximum Gasteiger partial charge on any atom is 0.134 e. The second-order valence-corrected chi connectivity index (χ2v) is 12.8. The van der Waals surface area contributed by atoms with Crippen LogP contribution in [-0.2, 0) is 28.6 Å². The van der Waals surface area contributed by atoms with Gasteiger partial charge in [-0.05, 0) is 11.8 Å². The predicted octanol–water partition coefficient (Wildman–Crippen LogP) is 3.83. The van der Waals surface area contributed by atoms with Crippen LogP contribution in [0.1, 0.15) is 51.9 Å². The molecule has 3 fully saturated rings. The molecule has 0 aliphatic carbocycles. The van der Waals surface area contributed by atoms with Crippen molar-refractivity contribution in [3.8, 4) is 0 Å². The van der Waals surface area contributed by atoms with Gasteiger partial charge in [0.1, 0.15) is 17.3 Å². The minimum Gasteiger partial charge on any atom is -0.372 e. The minimum atomic E-state index is -0.538. The van der Waals surface area contributed by atoms with Gasteiger partial charge in [0.05, 0.1) is 38.1 Å². The van der Waals surface area contributed by atoms with Gasteiger partial charge in [0.25, 0.3) is 0 Å². The zero-order valence-corrected chi connectivity index (χ0v) is 22.2. The third-order valence-electron chi connectivity index (χ3n) is 6.16. The standard InChI is InChI=1S/C24H38O6S3/c1-2-24(9-18(25)3-6-31-15-21-12-28-21,10-19(26)4-7-32-16-22-13-29-22)11-20(27)5-8-33-17-23-14-30-23/h21-23H,2-17H2,1H3. The topological polar surface area (TPSA) is 88.8 Å². The molecule has 3 rings (SSSR count). The van der Waals surface area contributed by atoms with Crippen molar-refractivity contribution in [1.29, 1.82) is 0 Å². The second kappa shape index (κ2) is 14.5. The summed E-state index contributed by atoms with van der Waals surface area (Å²) >= 11 is 5.25. The number of carbonyl (C=O) groups is 3. The van der Waals surface area contributed by atoms with Crippen LogP contribution in [0.2, 0.25) is 0 Å². The van der Waals surface area contributed by atoms with Crippen molar-refractivity contribution in [3.05, 3.63) is 0 Å². The molecular formula is C24H38O6S3. The van der Waals surface area contributed by atoms with Gasteiger partial charge in [-0.3, -0.25) is 14.4 Å². The molecule has 33 heavy (non-hydrogen) atoms. The van der Waals surface area contributed by atoms with E-state index >= 15 is 0 Å². The SMILES string of the molecule is CCC(CC(=O)CCSCC1CO1)(CC(=O)CCSCC1CO1)CC(=O)CCSCC1CO1. The van der Waals surface area contributed by atoms with Gasteiger partial charge < -0.3 is 14.2 Å². The van der Waals surface area contributed by atoms with Crippen LogP contribution in [0.3, 0.4) is 0 Å². The summed E-state index contributed by atoms with van der Waals surface area (Å²) in [4.78, 5) is 38.5. The lowest BCUT2D eigenvalue weighted by Gasteiger charge is -2.31. The molecule has 6 nitrogen and oxygen atoms in total. The first-order valence-electron chi connectivity index (χ1n) is 12.1. The Morgan fingerprint density at radius 3 is 1.21 bits per heavy atom. The molecular weight excluding hydrogens is 480 g/mol.